The number of hydrogen-bond acceptors (Lipinski definition) is 7. The standard InChI is InChI=1S/C63H114NO8P/c1-6-8-10-12-14-16-18-20-22-23-24-25-26-27-28-29-30-31-32-33-34-35-36-37-38-39-40-41-42-44-46-48-50-52-54-56-63(66)72-61(60-71-73(67,68)70-58-57-64(3,4)5)59-69-62(65)55-53-51-49-47-45-43-21-19-17-15-13-11-9-7-2/h8,10,14,16,20,22,24-25,27-28,30-31,61H,6-7,9,11-13,15,17-19,21,23,26,29,32-60H2,1-5H3/p+1/b10-8-,16-14-,22-20-,25-24-,28-27-,31-30-. The minimum absolute atomic E-state index is 0.0321. The zero-order chi connectivity index (χ0) is 53.5. The van der Waals surface area contributed by atoms with Crippen molar-refractivity contribution >= 4 is 19.8 Å². The molecule has 1 N–H and O–H groups in total. The van der Waals surface area contributed by atoms with Gasteiger partial charge in [-0.3, -0.25) is 18.6 Å². The molecule has 0 saturated carbocycles. The SMILES string of the molecule is CC/C=C\C/C=C\C/C=C\C/C=C\C/C=C\C/C=C\CCCCCCCCCCCCCCCCCCC(=O)OC(COC(=O)CCCCCCCCCCCCCCCC)COP(=O)(O)OCC[N+](C)(C)C. The third kappa shape index (κ3) is 58.6. The first-order valence-electron chi connectivity index (χ1n) is 30.2. The van der Waals surface area contributed by atoms with Crippen LogP contribution in [0.15, 0.2) is 72.9 Å². The predicted octanol–water partition coefficient (Wildman–Crippen LogP) is 18.9. The van der Waals surface area contributed by atoms with Crippen LogP contribution in [0.2, 0.25) is 0 Å². The van der Waals surface area contributed by atoms with Gasteiger partial charge in [-0.2, -0.15) is 0 Å². The third-order valence-corrected chi connectivity index (χ3v) is 14.0. The van der Waals surface area contributed by atoms with Crippen LogP contribution in [0.1, 0.15) is 264 Å². The summed E-state index contributed by atoms with van der Waals surface area (Å²) in [6.45, 7) is 4.34. The van der Waals surface area contributed by atoms with Crippen molar-refractivity contribution in [2.45, 2.75) is 270 Å². The fourth-order valence-electron chi connectivity index (χ4n) is 8.37. The maximum absolute atomic E-state index is 12.8. The van der Waals surface area contributed by atoms with Gasteiger partial charge in [-0.25, -0.2) is 4.57 Å². The molecule has 0 aliphatic carbocycles. The van der Waals surface area contributed by atoms with Crippen LogP contribution in [0.25, 0.3) is 0 Å². The van der Waals surface area contributed by atoms with Gasteiger partial charge in [0, 0.05) is 12.8 Å². The molecule has 0 bridgehead atoms. The van der Waals surface area contributed by atoms with Crippen LogP contribution >= 0.6 is 7.82 Å². The van der Waals surface area contributed by atoms with E-state index in [1.807, 2.05) is 21.1 Å². The maximum atomic E-state index is 12.8. The number of phosphoric ester groups is 1. The van der Waals surface area contributed by atoms with Crippen molar-refractivity contribution in [3.8, 4) is 0 Å². The number of esters is 2. The average molecular weight is 1050 g/mol. The molecule has 73 heavy (non-hydrogen) atoms. The van der Waals surface area contributed by atoms with Crippen molar-refractivity contribution < 1.29 is 42.1 Å². The summed E-state index contributed by atoms with van der Waals surface area (Å²) in [7, 11) is 1.48. The maximum Gasteiger partial charge on any atom is 0.472 e. The van der Waals surface area contributed by atoms with Crippen molar-refractivity contribution in [2.24, 2.45) is 0 Å². The number of rotatable bonds is 55. The van der Waals surface area contributed by atoms with Crippen molar-refractivity contribution in [3.63, 3.8) is 0 Å². The topological polar surface area (TPSA) is 108 Å². The predicted molar refractivity (Wildman–Crippen MR) is 312 cm³/mol. The van der Waals surface area contributed by atoms with E-state index < -0.39 is 26.5 Å². The van der Waals surface area contributed by atoms with E-state index >= 15 is 0 Å². The Morgan fingerprint density at radius 1 is 0.438 bits per heavy atom. The van der Waals surface area contributed by atoms with Crippen molar-refractivity contribution in [2.75, 3.05) is 47.5 Å². The second kappa shape index (κ2) is 54.2. The molecule has 0 fully saturated rings. The first kappa shape index (κ1) is 70.5. The highest BCUT2D eigenvalue weighted by molar-refractivity contribution is 7.47. The molecular formula is C63H115NO8P+. The normalized spacial score (nSPS) is 13.8. The Labute approximate surface area is 450 Å². The Kier molecular flexibility index (Phi) is 52.4. The number of allylic oxidation sites excluding steroid dienone is 12. The summed E-state index contributed by atoms with van der Waals surface area (Å²) >= 11 is 0. The fourth-order valence-corrected chi connectivity index (χ4v) is 9.12. The second-order valence-electron chi connectivity index (χ2n) is 21.4. The Balaban J connectivity index is 4.02. The Hall–Kier alpha value is -2.55. The number of nitrogens with zero attached hydrogens (tertiary/aromatic N) is 1. The Morgan fingerprint density at radius 2 is 0.781 bits per heavy atom. The Morgan fingerprint density at radius 3 is 1.16 bits per heavy atom. The van der Waals surface area contributed by atoms with Crippen LogP contribution < -0.4 is 0 Å². The molecule has 0 aliphatic heterocycles. The van der Waals surface area contributed by atoms with Gasteiger partial charge < -0.3 is 18.9 Å². The summed E-state index contributed by atoms with van der Waals surface area (Å²) < 4.78 is 34.6. The van der Waals surface area contributed by atoms with E-state index in [9.17, 15) is 19.0 Å². The van der Waals surface area contributed by atoms with Crippen LogP contribution in [0.3, 0.4) is 0 Å². The minimum Gasteiger partial charge on any atom is -0.462 e. The molecule has 0 aromatic carbocycles. The van der Waals surface area contributed by atoms with Gasteiger partial charge >= 0.3 is 19.8 Å². The summed E-state index contributed by atoms with van der Waals surface area (Å²) in [5.74, 6) is -0.788. The summed E-state index contributed by atoms with van der Waals surface area (Å²) in [4.78, 5) is 35.6. The number of hydrogen-bond donors (Lipinski definition) is 1. The van der Waals surface area contributed by atoms with E-state index in [1.165, 1.54) is 161 Å². The minimum atomic E-state index is -4.38. The van der Waals surface area contributed by atoms with E-state index in [2.05, 4.69) is 86.8 Å². The quantitative estimate of drug-likeness (QED) is 0.0211. The Bertz CT molecular complexity index is 1460. The van der Waals surface area contributed by atoms with Gasteiger partial charge in [-0.1, -0.05) is 260 Å². The van der Waals surface area contributed by atoms with Crippen molar-refractivity contribution in [1.29, 1.82) is 0 Å². The van der Waals surface area contributed by atoms with E-state index in [4.69, 9.17) is 18.5 Å². The number of phosphoric acid groups is 1. The lowest BCUT2D eigenvalue weighted by Crippen LogP contribution is -2.37. The van der Waals surface area contributed by atoms with Gasteiger partial charge in [0.1, 0.15) is 19.8 Å². The van der Waals surface area contributed by atoms with E-state index in [0.29, 0.717) is 23.9 Å². The number of unbranched alkanes of at least 4 members (excludes halogenated alkanes) is 29. The molecule has 10 heteroatoms. The van der Waals surface area contributed by atoms with Crippen molar-refractivity contribution in [1.82, 2.24) is 0 Å². The summed E-state index contributed by atoms with van der Waals surface area (Å²) in [5, 5.41) is 0. The number of carbonyl (C=O) groups excluding carboxylic acids is 2. The smallest absolute Gasteiger partial charge is 0.462 e. The molecule has 0 heterocycles. The monoisotopic (exact) mass is 1040 g/mol. The summed E-state index contributed by atoms with van der Waals surface area (Å²) in [6, 6.07) is 0. The number of carbonyl (C=O) groups is 2. The lowest BCUT2D eigenvalue weighted by Gasteiger charge is -2.24. The highest BCUT2D eigenvalue weighted by atomic mass is 31.2. The molecule has 0 aliphatic rings. The first-order valence-corrected chi connectivity index (χ1v) is 31.7. The van der Waals surface area contributed by atoms with Gasteiger partial charge in [-0.15, -0.1) is 0 Å². The lowest BCUT2D eigenvalue weighted by molar-refractivity contribution is -0.870. The molecule has 0 rings (SSSR count). The van der Waals surface area contributed by atoms with Crippen molar-refractivity contribution in [3.05, 3.63) is 72.9 Å². The van der Waals surface area contributed by atoms with E-state index in [1.54, 1.807) is 0 Å². The van der Waals surface area contributed by atoms with Gasteiger partial charge in [0.2, 0.25) is 0 Å². The zero-order valence-electron chi connectivity index (χ0n) is 48.1. The molecule has 2 atom stereocenters. The number of quaternary nitrogens is 1. The second-order valence-corrected chi connectivity index (χ2v) is 22.8. The summed E-state index contributed by atoms with van der Waals surface area (Å²) in [5.41, 5.74) is 0. The molecule has 0 saturated heterocycles. The van der Waals surface area contributed by atoms with Crippen LogP contribution in [-0.2, 0) is 32.7 Å². The van der Waals surface area contributed by atoms with Crippen LogP contribution in [-0.4, -0.2) is 74.9 Å². The molecular weight excluding hydrogens is 930 g/mol. The molecule has 0 aromatic rings. The molecule has 9 nitrogen and oxygen atoms in total. The largest absolute Gasteiger partial charge is 0.472 e. The lowest BCUT2D eigenvalue weighted by atomic mass is 10.0. The van der Waals surface area contributed by atoms with Gasteiger partial charge in [0.05, 0.1) is 27.7 Å². The average Bonchev–Trinajstić information content (AvgIpc) is 3.35. The molecule has 0 amide bonds. The van der Waals surface area contributed by atoms with Crippen LogP contribution in [0.5, 0.6) is 0 Å². The highest BCUT2D eigenvalue weighted by Crippen LogP contribution is 2.43. The molecule has 0 spiro atoms. The zero-order valence-corrected chi connectivity index (χ0v) is 49.0. The molecule has 2 unspecified atom stereocenters. The molecule has 424 valence electrons. The molecule has 0 aromatic heterocycles. The third-order valence-electron chi connectivity index (χ3n) is 13.0. The van der Waals surface area contributed by atoms with Gasteiger partial charge in [0.15, 0.2) is 6.10 Å². The fraction of sp³-hybridized carbons (Fsp3) is 0.778. The number of likely N-dealkylation sites (N-methyl/N-ethyl adjacent to an activating group) is 1. The molecule has 0 radical (unpaired) electrons. The van der Waals surface area contributed by atoms with E-state index in [0.717, 1.165) is 70.6 Å². The van der Waals surface area contributed by atoms with E-state index in [-0.39, 0.29) is 25.6 Å². The van der Waals surface area contributed by atoms with Crippen LogP contribution in [0, 0.1) is 0 Å². The first-order chi connectivity index (χ1) is 35.5. The number of ether oxygens (including phenoxy) is 2. The summed E-state index contributed by atoms with van der Waals surface area (Å²) in [6.07, 6.45) is 71.2. The van der Waals surface area contributed by atoms with Gasteiger partial charge in [-0.05, 0) is 64.2 Å². The van der Waals surface area contributed by atoms with Gasteiger partial charge in [0.25, 0.3) is 0 Å². The highest BCUT2D eigenvalue weighted by Gasteiger charge is 2.27. The van der Waals surface area contributed by atoms with Crippen LogP contribution in [0.4, 0.5) is 0 Å².